The molecule has 0 aliphatic rings. The van der Waals surface area contributed by atoms with Crippen LogP contribution in [0.1, 0.15) is 42.0 Å². The minimum atomic E-state index is 0.403. The number of nitrogens with one attached hydrogen (secondary N) is 2. The number of hydrogen-bond donors (Lipinski definition) is 2. The largest absolute Gasteiger partial charge is 0.342 e. The molecule has 0 amide bonds. The van der Waals surface area contributed by atoms with Crippen molar-refractivity contribution >= 4 is 32.5 Å². The summed E-state index contributed by atoms with van der Waals surface area (Å²) < 4.78 is 1.21. The van der Waals surface area contributed by atoms with Gasteiger partial charge < -0.3 is 9.97 Å². The van der Waals surface area contributed by atoms with E-state index >= 15 is 0 Å². The third-order valence-electron chi connectivity index (χ3n) is 3.71. The minimum absolute atomic E-state index is 0.403. The van der Waals surface area contributed by atoms with Crippen molar-refractivity contribution in [3.05, 3.63) is 46.6 Å². The van der Waals surface area contributed by atoms with Gasteiger partial charge in [0.2, 0.25) is 0 Å². The first-order valence-corrected chi connectivity index (χ1v) is 8.37. The van der Waals surface area contributed by atoms with Crippen LogP contribution in [0.25, 0.3) is 21.1 Å². The summed E-state index contributed by atoms with van der Waals surface area (Å²) in [4.78, 5) is 16.4. The van der Waals surface area contributed by atoms with Crippen molar-refractivity contribution in [1.29, 1.82) is 0 Å². The first kappa shape index (κ1) is 14.0. The second kappa shape index (κ2) is 5.25. The van der Waals surface area contributed by atoms with E-state index in [0.717, 1.165) is 33.3 Å². The Labute approximate surface area is 138 Å². The molecule has 3 heterocycles. The highest BCUT2D eigenvalue weighted by atomic mass is 32.1. The second-order valence-corrected chi connectivity index (χ2v) is 7.01. The number of thiophene rings is 1. The Kier molecular flexibility index (Phi) is 3.21. The molecule has 1 aromatic carbocycles. The smallest absolute Gasteiger partial charge is 0.110 e. The molecular formula is C18H16N4S. The van der Waals surface area contributed by atoms with Crippen molar-refractivity contribution in [1.82, 2.24) is 19.9 Å². The SMILES string of the molecule is Cc1ncc(C#Cc2cc3cc4[nH]c(C(C)C)nc4cc3s2)[nH]1. The molecule has 0 unspecified atom stereocenters. The highest BCUT2D eigenvalue weighted by Gasteiger charge is 2.09. The van der Waals surface area contributed by atoms with Gasteiger partial charge in [-0.25, -0.2) is 9.97 Å². The molecule has 0 atom stereocenters. The van der Waals surface area contributed by atoms with Gasteiger partial charge in [0.1, 0.15) is 17.3 Å². The summed E-state index contributed by atoms with van der Waals surface area (Å²) in [7, 11) is 0. The normalized spacial score (nSPS) is 11.3. The number of imidazole rings is 2. The molecular weight excluding hydrogens is 304 g/mol. The van der Waals surface area contributed by atoms with Gasteiger partial charge in [-0.15, -0.1) is 11.3 Å². The number of fused-ring (bicyclic) bond motifs is 2. The number of aromatic amines is 2. The molecule has 0 fully saturated rings. The maximum Gasteiger partial charge on any atom is 0.110 e. The van der Waals surface area contributed by atoms with Crippen LogP contribution < -0.4 is 0 Å². The van der Waals surface area contributed by atoms with Gasteiger partial charge in [0.15, 0.2) is 0 Å². The van der Waals surface area contributed by atoms with Crippen molar-refractivity contribution in [3.8, 4) is 11.8 Å². The Hall–Kier alpha value is -2.58. The van der Waals surface area contributed by atoms with Gasteiger partial charge >= 0.3 is 0 Å². The van der Waals surface area contributed by atoms with Crippen LogP contribution in [0.2, 0.25) is 0 Å². The van der Waals surface area contributed by atoms with E-state index in [-0.39, 0.29) is 0 Å². The lowest BCUT2D eigenvalue weighted by atomic mass is 10.2. The van der Waals surface area contributed by atoms with Crippen molar-refractivity contribution < 1.29 is 0 Å². The molecule has 4 nitrogen and oxygen atoms in total. The fraction of sp³-hybridized carbons (Fsp3) is 0.222. The Morgan fingerprint density at radius 2 is 2.00 bits per heavy atom. The van der Waals surface area contributed by atoms with E-state index in [4.69, 9.17) is 0 Å². The van der Waals surface area contributed by atoms with Crippen LogP contribution in [-0.4, -0.2) is 19.9 Å². The molecule has 0 spiro atoms. The average molecular weight is 320 g/mol. The Morgan fingerprint density at radius 3 is 2.74 bits per heavy atom. The predicted molar refractivity (Wildman–Crippen MR) is 94.9 cm³/mol. The third kappa shape index (κ3) is 2.62. The van der Waals surface area contributed by atoms with Gasteiger partial charge in [-0.2, -0.15) is 0 Å². The lowest BCUT2D eigenvalue weighted by Crippen LogP contribution is -1.88. The van der Waals surface area contributed by atoms with Crippen LogP contribution in [0, 0.1) is 18.8 Å². The van der Waals surface area contributed by atoms with E-state index in [1.54, 1.807) is 17.5 Å². The third-order valence-corrected chi connectivity index (χ3v) is 4.72. The first-order valence-electron chi connectivity index (χ1n) is 7.55. The summed E-state index contributed by atoms with van der Waals surface area (Å²) in [5.41, 5.74) is 2.95. The summed E-state index contributed by atoms with van der Waals surface area (Å²) in [5, 5.41) is 1.20. The van der Waals surface area contributed by atoms with E-state index < -0.39 is 0 Å². The fourth-order valence-electron chi connectivity index (χ4n) is 2.51. The lowest BCUT2D eigenvalue weighted by Gasteiger charge is -1.95. The number of aryl methyl sites for hydroxylation is 1. The highest BCUT2D eigenvalue weighted by Crippen LogP contribution is 2.29. The Bertz CT molecular complexity index is 1020. The molecule has 4 rings (SSSR count). The number of hydrogen-bond acceptors (Lipinski definition) is 3. The van der Waals surface area contributed by atoms with Crippen LogP contribution in [0.15, 0.2) is 24.4 Å². The quantitative estimate of drug-likeness (QED) is 0.513. The van der Waals surface area contributed by atoms with Crippen LogP contribution in [0.3, 0.4) is 0 Å². The van der Waals surface area contributed by atoms with Crippen LogP contribution >= 0.6 is 11.3 Å². The maximum atomic E-state index is 4.67. The molecule has 0 saturated heterocycles. The molecule has 2 N–H and O–H groups in total. The number of rotatable bonds is 1. The van der Waals surface area contributed by atoms with E-state index in [9.17, 15) is 0 Å². The molecule has 3 aromatic heterocycles. The summed E-state index contributed by atoms with van der Waals surface area (Å²) in [6, 6.07) is 6.43. The van der Waals surface area contributed by atoms with Crippen molar-refractivity contribution in [2.24, 2.45) is 0 Å². The van der Waals surface area contributed by atoms with Gasteiger partial charge in [-0.1, -0.05) is 13.8 Å². The number of aromatic nitrogens is 4. The van der Waals surface area contributed by atoms with Gasteiger partial charge in [-0.05, 0) is 42.3 Å². The monoisotopic (exact) mass is 320 g/mol. The standard InChI is InChI=1S/C18H16N4S/c1-10(2)18-21-15-7-12-6-14(23-17(12)8-16(15)22-18)5-4-13-9-19-11(3)20-13/h6-10H,1-3H3,(H,19,20)(H,21,22). The molecule has 23 heavy (non-hydrogen) atoms. The van der Waals surface area contributed by atoms with Crippen molar-refractivity contribution in [2.75, 3.05) is 0 Å². The van der Waals surface area contributed by atoms with Crippen LogP contribution in [0.5, 0.6) is 0 Å². The number of nitrogens with zero attached hydrogens (tertiary/aromatic N) is 2. The zero-order chi connectivity index (χ0) is 16.0. The minimum Gasteiger partial charge on any atom is -0.342 e. The van der Waals surface area contributed by atoms with Gasteiger partial charge in [-0.3, -0.25) is 0 Å². The summed E-state index contributed by atoms with van der Waals surface area (Å²) >= 11 is 1.69. The number of H-pyrrole nitrogens is 2. The van der Waals surface area contributed by atoms with Crippen LogP contribution in [-0.2, 0) is 0 Å². The summed E-state index contributed by atoms with van der Waals surface area (Å²) in [5.74, 6) is 8.65. The van der Waals surface area contributed by atoms with Gasteiger partial charge in [0.25, 0.3) is 0 Å². The molecule has 4 aromatic rings. The molecule has 0 saturated carbocycles. The zero-order valence-corrected chi connectivity index (χ0v) is 14.0. The van der Waals surface area contributed by atoms with E-state index in [1.165, 1.54) is 10.1 Å². The molecule has 114 valence electrons. The Morgan fingerprint density at radius 1 is 1.13 bits per heavy atom. The van der Waals surface area contributed by atoms with E-state index in [2.05, 4.69) is 63.8 Å². The van der Waals surface area contributed by atoms with Crippen molar-refractivity contribution in [3.63, 3.8) is 0 Å². The second-order valence-electron chi connectivity index (χ2n) is 5.93. The fourth-order valence-corrected chi connectivity index (χ4v) is 3.44. The topological polar surface area (TPSA) is 57.4 Å². The molecule has 0 aliphatic heterocycles. The van der Waals surface area contributed by atoms with Gasteiger partial charge in [0, 0.05) is 10.6 Å². The predicted octanol–water partition coefficient (Wildman–Crippen LogP) is 4.33. The maximum absolute atomic E-state index is 4.67. The summed E-state index contributed by atoms with van der Waals surface area (Å²) in [6.45, 7) is 6.21. The van der Waals surface area contributed by atoms with Crippen molar-refractivity contribution in [2.45, 2.75) is 26.7 Å². The molecule has 0 aliphatic carbocycles. The van der Waals surface area contributed by atoms with Crippen LogP contribution in [0.4, 0.5) is 0 Å². The molecule has 5 heteroatoms. The first-order chi connectivity index (χ1) is 11.1. The van der Waals surface area contributed by atoms with E-state index in [1.807, 2.05) is 6.92 Å². The highest BCUT2D eigenvalue weighted by molar-refractivity contribution is 7.19. The summed E-state index contributed by atoms with van der Waals surface area (Å²) in [6.07, 6.45) is 1.76. The zero-order valence-electron chi connectivity index (χ0n) is 13.2. The number of benzene rings is 1. The van der Waals surface area contributed by atoms with Gasteiger partial charge in [0.05, 0.1) is 22.1 Å². The average Bonchev–Trinajstić information content (AvgIpc) is 3.19. The molecule has 0 radical (unpaired) electrons. The van der Waals surface area contributed by atoms with E-state index in [0.29, 0.717) is 5.92 Å². The molecule has 0 bridgehead atoms. The Balaban J connectivity index is 1.75. The lowest BCUT2D eigenvalue weighted by molar-refractivity contribution is 0.799.